The number of benzene rings is 1. The Morgan fingerprint density at radius 2 is 2.07 bits per heavy atom. The Bertz CT molecular complexity index is 1150. The third-order valence-corrected chi connectivity index (χ3v) is 5.03. The van der Waals surface area contributed by atoms with E-state index in [9.17, 15) is 9.59 Å². The molecular weight excluding hydrogens is 394 g/mol. The summed E-state index contributed by atoms with van der Waals surface area (Å²) >= 11 is 5.15. The van der Waals surface area contributed by atoms with Crippen LogP contribution in [-0.4, -0.2) is 23.9 Å². The fourth-order valence-corrected chi connectivity index (χ4v) is 3.82. The lowest BCUT2D eigenvalue weighted by molar-refractivity contribution is -0.138. The molecule has 3 heterocycles. The predicted molar refractivity (Wildman–Crippen MR) is 110 cm³/mol. The molecule has 2 aliphatic rings. The van der Waals surface area contributed by atoms with E-state index in [4.69, 9.17) is 32.8 Å². The molecule has 0 fully saturated rings. The van der Waals surface area contributed by atoms with Crippen molar-refractivity contribution in [2.24, 2.45) is 11.5 Å². The highest BCUT2D eigenvalue weighted by molar-refractivity contribution is 7.80. The van der Waals surface area contributed by atoms with Gasteiger partial charge in [-0.15, -0.1) is 0 Å². The van der Waals surface area contributed by atoms with Crippen LogP contribution in [0.1, 0.15) is 18.4 Å². The van der Waals surface area contributed by atoms with E-state index in [1.807, 2.05) is 0 Å². The van der Waals surface area contributed by atoms with Crippen molar-refractivity contribution in [3.63, 3.8) is 0 Å². The zero-order chi connectivity index (χ0) is 20.7. The molecule has 7 N–H and O–H groups in total. The van der Waals surface area contributed by atoms with E-state index in [1.54, 1.807) is 31.2 Å². The van der Waals surface area contributed by atoms with Gasteiger partial charge in [-0.25, -0.2) is 4.79 Å². The van der Waals surface area contributed by atoms with Gasteiger partial charge in [-0.3, -0.25) is 4.79 Å². The molecule has 2 unspecified atom stereocenters. The quantitative estimate of drug-likeness (QED) is 0.349. The van der Waals surface area contributed by atoms with Gasteiger partial charge in [0.2, 0.25) is 0 Å². The molecule has 1 aromatic heterocycles. The fourth-order valence-electron chi connectivity index (χ4n) is 3.59. The number of thiocarbonyl (C=S) groups is 1. The number of hydrogen-bond donors (Lipinski definition) is 5. The van der Waals surface area contributed by atoms with Crippen LogP contribution in [0.4, 0.5) is 0 Å². The number of nitrogens with one attached hydrogen (secondary N) is 3. The molecule has 10 heteroatoms. The van der Waals surface area contributed by atoms with E-state index in [1.165, 1.54) is 6.26 Å². The molecule has 9 nitrogen and oxygen atoms in total. The largest absolute Gasteiger partial charge is 0.464 e. The number of carbonyl (C=O) groups is 1. The summed E-state index contributed by atoms with van der Waals surface area (Å²) in [6.07, 6.45) is 0.567. The van der Waals surface area contributed by atoms with Gasteiger partial charge in [-0.05, 0) is 31.3 Å². The molecule has 150 valence electrons. The number of ether oxygens (including phenoxy) is 1. The summed E-state index contributed by atoms with van der Waals surface area (Å²) in [5.74, 6) is -1.07. The zero-order valence-corrected chi connectivity index (χ0v) is 16.3. The highest BCUT2D eigenvalue weighted by Crippen LogP contribution is 2.38. The molecular formula is C19H19N5O4S. The van der Waals surface area contributed by atoms with Crippen LogP contribution in [0.3, 0.4) is 0 Å². The van der Waals surface area contributed by atoms with Crippen molar-refractivity contribution in [1.82, 2.24) is 16.0 Å². The molecule has 1 aromatic carbocycles. The van der Waals surface area contributed by atoms with Crippen LogP contribution in [0.2, 0.25) is 0 Å². The Morgan fingerprint density at radius 3 is 2.83 bits per heavy atom. The summed E-state index contributed by atoms with van der Waals surface area (Å²) in [6, 6.07) is 6.85. The first-order valence-corrected chi connectivity index (χ1v) is 9.34. The molecule has 0 aliphatic carbocycles. The molecule has 0 spiro atoms. The van der Waals surface area contributed by atoms with E-state index in [-0.39, 0.29) is 29.0 Å². The highest BCUT2D eigenvalue weighted by atomic mass is 32.1. The average Bonchev–Trinajstić information content (AvgIpc) is 2.67. The summed E-state index contributed by atoms with van der Waals surface area (Å²) in [7, 11) is 0. The first-order valence-electron chi connectivity index (χ1n) is 8.93. The number of rotatable bonds is 3. The van der Waals surface area contributed by atoms with E-state index in [2.05, 4.69) is 16.0 Å². The van der Waals surface area contributed by atoms with Crippen LogP contribution in [0.15, 0.2) is 62.5 Å². The monoisotopic (exact) mass is 413 g/mol. The number of nitrogens with two attached hydrogens (primary N) is 2. The molecule has 0 saturated carbocycles. The van der Waals surface area contributed by atoms with Gasteiger partial charge in [0.1, 0.15) is 23.4 Å². The first-order chi connectivity index (χ1) is 13.9. The topological polar surface area (TPSA) is 145 Å². The second-order valence-corrected chi connectivity index (χ2v) is 6.94. The molecule has 0 radical (unpaired) electrons. The van der Waals surface area contributed by atoms with Crippen molar-refractivity contribution in [2.75, 3.05) is 6.61 Å². The smallest absolute Gasteiger partial charge is 0.338 e. The Labute approximate surface area is 170 Å². The Hall–Kier alpha value is -3.37. The molecule has 2 atom stereocenters. The first kappa shape index (κ1) is 19.0. The molecule has 0 bridgehead atoms. The van der Waals surface area contributed by atoms with Crippen LogP contribution < -0.4 is 32.8 Å². The minimum Gasteiger partial charge on any atom is -0.464 e. The normalized spacial score (nSPS) is 21.2. The third-order valence-electron chi connectivity index (χ3n) is 4.81. The van der Waals surface area contributed by atoms with E-state index >= 15 is 0 Å². The summed E-state index contributed by atoms with van der Waals surface area (Å²) in [5, 5.41) is 9.41. The molecule has 0 amide bonds. The number of fused-ring (bicyclic) bond motifs is 1. The van der Waals surface area contributed by atoms with Gasteiger partial charge in [0.15, 0.2) is 10.5 Å². The number of para-hydroxylation sites is 1. The maximum atomic E-state index is 13.3. The SMILES string of the molecule is CCOC(=O)C1=C(N)NC2=C(C(N)NC(=S)N2)C1c1coc2ccccc2c1=O. The van der Waals surface area contributed by atoms with Gasteiger partial charge in [-0.1, -0.05) is 12.1 Å². The molecule has 0 saturated heterocycles. The molecule has 2 aromatic rings. The minimum absolute atomic E-state index is 0.0455. The van der Waals surface area contributed by atoms with Crippen LogP contribution in [0.5, 0.6) is 0 Å². The van der Waals surface area contributed by atoms with Gasteiger partial charge >= 0.3 is 5.97 Å². The number of esters is 1. The molecule has 29 heavy (non-hydrogen) atoms. The predicted octanol–water partition coefficient (Wildman–Crippen LogP) is 0.187. The zero-order valence-electron chi connectivity index (χ0n) is 15.4. The maximum absolute atomic E-state index is 13.3. The lowest BCUT2D eigenvalue weighted by atomic mass is 9.80. The van der Waals surface area contributed by atoms with E-state index < -0.39 is 18.1 Å². The van der Waals surface area contributed by atoms with Gasteiger partial charge in [-0.2, -0.15) is 0 Å². The number of carbonyl (C=O) groups excluding carboxylic acids is 1. The Balaban J connectivity index is 1.97. The summed E-state index contributed by atoms with van der Waals surface area (Å²) in [5.41, 5.74) is 13.4. The average molecular weight is 413 g/mol. The third kappa shape index (κ3) is 3.12. The highest BCUT2D eigenvalue weighted by Gasteiger charge is 2.41. The van der Waals surface area contributed by atoms with Crippen molar-refractivity contribution in [2.45, 2.75) is 19.0 Å². The second kappa shape index (κ2) is 7.22. The fraction of sp³-hybridized carbons (Fsp3) is 0.211. The second-order valence-electron chi connectivity index (χ2n) is 6.53. The Kier molecular flexibility index (Phi) is 4.73. The molecule has 4 rings (SSSR count). The lowest BCUT2D eigenvalue weighted by Gasteiger charge is -2.38. The van der Waals surface area contributed by atoms with Crippen LogP contribution in [0, 0.1) is 0 Å². The van der Waals surface area contributed by atoms with Gasteiger partial charge < -0.3 is 36.6 Å². The Morgan fingerprint density at radius 1 is 1.31 bits per heavy atom. The maximum Gasteiger partial charge on any atom is 0.338 e. The summed E-state index contributed by atoms with van der Waals surface area (Å²) < 4.78 is 10.9. The van der Waals surface area contributed by atoms with E-state index in [0.717, 1.165) is 0 Å². The molecule has 2 aliphatic heterocycles. The minimum atomic E-state index is -0.885. The van der Waals surface area contributed by atoms with Crippen molar-refractivity contribution >= 4 is 34.3 Å². The number of hydrogen-bond acceptors (Lipinski definition) is 8. The van der Waals surface area contributed by atoms with Crippen molar-refractivity contribution in [1.29, 1.82) is 0 Å². The summed E-state index contributed by atoms with van der Waals surface area (Å²) in [4.78, 5) is 26.0. The van der Waals surface area contributed by atoms with Crippen molar-refractivity contribution in [3.05, 3.63) is 69.1 Å². The van der Waals surface area contributed by atoms with Crippen molar-refractivity contribution in [3.8, 4) is 0 Å². The van der Waals surface area contributed by atoms with Gasteiger partial charge in [0.05, 0.1) is 29.7 Å². The lowest BCUT2D eigenvalue weighted by Crippen LogP contribution is -2.58. The van der Waals surface area contributed by atoms with Crippen LogP contribution in [0.25, 0.3) is 11.0 Å². The summed E-state index contributed by atoms with van der Waals surface area (Å²) in [6.45, 7) is 1.83. The van der Waals surface area contributed by atoms with Crippen LogP contribution in [-0.2, 0) is 9.53 Å². The van der Waals surface area contributed by atoms with Gasteiger partial charge in [0, 0.05) is 11.1 Å². The van der Waals surface area contributed by atoms with Crippen molar-refractivity contribution < 1.29 is 13.9 Å². The van der Waals surface area contributed by atoms with Crippen LogP contribution >= 0.6 is 12.2 Å². The number of dihydropyridines is 1. The van der Waals surface area contributed by atoms with E-state index in [0.29, 0.717) is 27.5 Å². The standard InChI is InChI=1S/C19H19N5O4S/c1-2-27-18(26)13-11(9-7-28-10-6-4-3-5-8(10)14(9)25)12-15(20)23-19(29)24-17(12)22-16(13)21/h3-7,11,15,22H,2,20-21H2,1H3,(H2,23,24,29). The van der Waals surface area contributed by atoms with Gasteiger partial charge in [0.25, 0.3) is 0 Å².